The summed E-state index contributed by atoms with van der Waals surface area (Å²) in [6.07, 6.45) is -1.06. The highest BCUT2D eigenvalue weighted by molar-refractivity contribution is 6.36. The molecule has 0 radical (unpaired) electrons. The lowest BCUT2D eigenvalue weighted by Gasteiger charge is -2.45. The first-order valence-electron chi connectivity index (χ1n) is 10.5. The summed E-state index contributed by atoms with van der Waals surface area (Å²) in [7, 11) is 0. The van der Waals surface area contributed by atoms with Crippen LogP contribution in [0.1, 0.15) is 60.3 Å². The van der Waals surface area contributed by atoms with Crippen LogP contribution in [-0.4, -0.2) is 56.9 Å². The normalized spacial score (nSPS) is 24.6. The predicted molar refractivity (Wildman–Crippen MR) is 107 cm³/mol. The van der Waals surface area contributed by atoms with Gasteiger partial charge in [0, 0.05) is 19.1 Å². The van der Waals surface area contributed by atoms with Crippen LogP contribution in [0.5, 0.6) is 0 Å². The quantitative estimate of drug-likeness (QED) is 0.705. The Morgan fingerprint density at radius 1 is 1.19 bits per heavy atom. The average Bonchev–Trinajstić information content (AvgIpc) is 3.48. The van der Waals surface area contributed by atoms with Gasteiger partial charge in [0.05, 0.1) is 10.5 Å². The smallest absolute Gasteiger partial charge is 0.336 e. The van der Waals surface area contributed by atoms with Gasteiger partial charge in [-0.3, -0.25) is 9.59 Å². The van der Waals surface area contributed by atoms with E-state index in [2.05, 4.69) is 12.0 Å². The topological polar surface area (TPSA) is 57.9 Å². The van der Waals surface area contributed by atoms with Crippen molar-refractivity contribution in [3.63, 3.8) is 0 Å². The van der Waals surface area contributed by atoms with Gasteiger partial charge in [0.25, 0.3) is 5.91 Å². The average molecular weight is 455 g/mol. The highest BCUT2D eigenvalue weighted by atomic mass is 35.5. The second-order valence-corrected chi connectivity index (χ2v) is 9.33. The van der Waals surface area contributed by atoms with Gasteiger partial charge in [-0.05, 0) is 55.2 Å². The Labute approximate surface area is 181 Å². The van der Waals surface area contributed by atoms with Crippen LogP contribution < -0.4 is 0 Å². The zero-order valence-electron chi connectivity index (χ0n) is 17.0. The molecular weight excluding hydrogens is 433 g/mol. The van der Waals surface area contributed by atoms with E-state index >= 15 is 0 Å². The van der Waals surface area contributed by atoms with Crippen molar-refractivity contribution < 1.29 is 22.8 Å². The number of hydrogen-bond donors (Lipinski definition) is 0. The summed E-state index contributed by atoms with van der Waals surface area (Å²) < 4.78 is 41.7. The first kappa shape index (κ1) is 20.6. The predicted octanol–water partition coefficient (Wildman–Crippen LogP) is 3.97. The lowest BCUT2D eigenvalue weighted by molar-refractivity contribution is -0.142. The summed E-state index contributed by atoms with van der Waals surface area (Å²) in [4.78, 5) is 28.8. The third-order valence-corrected chi connectivity index (χ3v) is 6.94. The van der Waals surface area contributed by atoms with Crippen molar-refractivity contribution >= 4 is 28.9 Å². The molecule has 5 rings (SSSR count). The number of fused-ring (bicyclic) bond motifs is 1. The van der Waals surface area contributed by atoms with Crippen LogP contribution in [0.15, 0.2) is 12.1 Å². The molecule has 2 amide bonds. The number of carbonyl (C=O) groups is 2. The van der Waals surface area contributed by atoms with Gasteiger partial charge in [0.15, 0.2) is 5.69 Å². The molecule has 31 heavy (non-hydrogen) atoms. The molecule has 2 aliphatic carbocycles. The molecule has 0 unspecified atom stereocenters. The Balaban J connectivity index is 1.44. The van der Waals surface area contributed by atoms with Crippen molar-refractivity contribution in [2.24, 2.45) is 5.92 Å². The third-order valence-electron chi connectivity index (χ3n) is 6.57. The maximum Gasteiger partial charge on any atom is 0.433 e. The van der Waals surface area contributed by atoms with Crippen molar-refractivity contribution in [3.05, 3.63) is 34.1 Å². The minimum Gasteiger partial charge on any atom is -0.336 e. The Hall–Kier alpha value is -2.29. The SMILES string of the molecule is CC1CC(N2CCN(C(=O)c3nn4c(C(F)(F)F)cc(C5CC5)cc4c3Cl)CC2=O)C1. The number of halogens is 4. The second-order valence-electron chi connectivity index (χ2n) is 8.95. The molecule has 0 spiro atoms. The highest BCUT2D eigenvalue weighted by Gasteiger charge is 2.40. The van der Waals surface area contributed by atoms with Gasteiger partial charge in [0.2, 0.25) is 5.91 Å². The number of nitrogens with zero attached hydrogens (tertiary/aromatic N) is 4. The molecule has 3 fully saturated rings. The molecule has 10 heteroatoms. The van der Waals surface area contributed by atoms with Crippen LogP contribution in [0.25, 0.3) is 5.52 Å². The van der Waals surface area contributed by atoms with E-state index in [9.17, 15) is 22.8 Å². The Morgan fingerprint density at radius 2 is 1.90 bits per heavy atom. The number of piperazine rings is 1. The molecule has 6 nitrogen and oxygen atoms in total. The van der Waals surface area contributed by atoms with E-state index in [-0.39, 0.29) is 40.6 Å². The monoisotopic (exact) mass is 454 g/mol. The molecule has 3 heterocycles. The standard InChI is InChI=1S/C21H22ClF3N4O2/c1-11-6-14(7-11)28-5-4-27(10-17(28)30)20(31)19-18(22)15-8-13(12-2-3-12)9-16(21(23,24)25)29(15)26-19/h8-9,11-12,14H,2-7,10H2,1H3. The number of amides is 2. The number of aromatic nitrogens is 2. The van der Waals surface area contributed by atoms with Gasteiger partial charge in [-0.15, -0.1) is 0 Å². The van der Waals surface area contributed by atoms with Crippen LogP contribution in [0.2, 0.25) is 5.02 Å². The Kier molecular flexibility index (Phi) is 4.73. The van der Waals surface area contributed by atoms with Crippen LogP contribution in [0.3, 0.4) is 0 Å². The van der Waals surface area contributed by atoms with Gasteiger partial charge in [0.1, 0.15) is 12.2 Å². The minimum absolute atomic E-state index is 0.0650. The number of carbonyl (C=O) groups excluding carboxylic acids is 2. The van der Waals surface area contributed by atoms with E-state index in [4.69, 9.17) is 11.6 Å². The molecule has 166 valence electrons. The van der Waals surface area contributed by atoms with Gasteiger partial charge >= 0.3 is 6.18 Å². The Bertz CT molecular complexity index is 1070. The van der Waals surface area contributed by atoms with Crippen LogP contribution >= 0.6 is 11.6 Å². The van der Waals surface area contributed by atoms with E-state index in [1.165, 1.54) is 4.90 Å². The van der Waals surface area contributed by atoms with Crippen molar-refractivity contribution in [2.45, 2.75) is 50.7 Å². The van der Waals surface area contributed by atoms with Crippen LogP contribution in [-0.2, 0) is 11.0 Å². The number of rotatable bonds is 3. The third kappa shape index (κ3) is 3.56. The first-order valence-corrected chi connectivity index (χ1v) is 10.9. The summed E-state index contributed by atoms with van der Waals surface area (Å²) in [5, 5.41) is 3.83. The van der Waals surface area contributed by atoms with Gasteiger partial charge in [-0.25, -0.2) is 4.52 Å². The highest BCUT2D eigenvalue weighted by Crippen LogP contribution is 2.43. The molecule has 1 saturated heterocycles. The largest absolute Gasteiger partial charge is 0.433 e. The molecule has 2 saturated carbocycles. The van der Waals surface area contributed by atoms with Gasteiger partial charge < -0.3 is 9.80 Å². The molecule has 2 aromatic rings. The summed E-state index contributed by atoms with van der Waals surface area (Å²) in [5.41, 5.74) is -0.583. The van der Waals surface area contributed by atoms with E-state index in [1.54, 1.807) is 11.0 Å². The fourth-order valence-electron chi connectivity index (χ4n) is 4.64. The number of hydrogen-bond acceptors (Lipinski definition) is 3. The molecule has 3 aliphatic rings. The molecule has 0 aromatic carbocycles. The maximum absolute atomic E-state index is 13.7. The number of pyridine rings is 1. The van der Waals surface area contributed by atoms with E-state index < -0.39 is 17.8 Å². The first-order chi connectivity index (χ1) is 14.6. The summed E-state index contributed by atoms with van der Waals surface area (Å²) in [6.45, 7) is 2.73. The summed E-state index contributed by atoms with van der Waals surface area (Å²) >= 11 is 6.36. The van der Waals surface area contributed by atoms with Gasteiger partial charge in [-0.2, -0.15) is 18.3 Å². The fourth-order valence-corrected chi connectivity index (χ4v) is 4.89. The van der Waals surface area contributed by atoms with Crippen molar-refractivity contribution in [3.8, 4) is 0 Å². The van der Waals surface area contributed by atoms with Crippen LogP contribution in [0, 0.1) is 5.92 Å². The summed E-state index contributed by atoms with van der Waals surface area (Å²) in [6, 6.07) is 2.89. The molecule has 2 aromatic heterocycles. The minimum atomic E-state index is -4.64. The number of alkyl halides is 3. The van der Waals surface area contributed by atoms with Crippen molar-refractivity contribution in [1.29, 1.82) is 0 Å². The molecule has 0 bridgehead atoms. The summed E-state index contributed by atoms with van der Waals surface area (Å²) in [5.74, 6) is -0.0955. The lowest BCUT2D eigenvalue weighted by Crippen LogP contribution is -2.58. The Morgan fingerprint density at radius 3 is 2.48 bits per heavy atom. The lowest BCUT2D eigenvalue weighted by atomic mass is 9.80. The molecule has 1 aliphatic heterocycles. The molecule has 0 atom stereocenters. The fraction of sp³-hybridized carbons (Fsp3) is 0.571. The van der Waals surface area contributed by atoms with E-state index in [0.29, 0.717) is 29.1 Å². The van der Waals surface area contributed by atoms with Crippen molar-refractivity contribution in [2.75, 3.05) is 19.6 Å². The second kappa shape index (κ2) is 7.12. The maximum atomic E-state index is 13.7. The molecule has 0 N–H and O–H groups in total. The molecular formula is C21H22ClF3N4O2. The van der Waals surface area contributed by atoms with Gasteiger partial charge in [-0.1, -0.05) is 18.5 Å². The van der Waals surface area contributed by atoms with Crippen molar-refractivity contribution in [1.82, 2.24) is 19.4 Å². The van der Waals surface area contributed by atoms with E-state index in [0.717, 1.165) is 31.7 Å². The zero-order valence-corrected chi connectivity index (χ0v) is 17.7. The zero-order chi connectivity index (χ0) is 22.1. The van der Waals surface area contributed by atoms with Crippen LogP contribution in [0.4, 0.5) is 13.2 Å². The van der Waals surface area contributed by atoms with E-state index in [1.807, 2.05) is 0 Å².